The molecule has 0 aliphatic rings. The van der Waals surface area contributed by atoms with Crippen molar-refractivity contribution in [2.75, 3.05) is 32.8 Å². The zero-order valence-electron chi connectivity index (χ0n) is 12.9. The van der Waals surface area contributed by atoms with E-state index in [0.717, 1.165) is 11.3 Å². The molecule has 0 aliphatic heterocycles. The van der Waals surface area contributed by atoms with Gasteiger partial charge in [-0.05, 0) is 38.6 Å². The fraction of sp³-hybridized carbons (Fsp3) is 0.929. The average molecular weight is 312 g/mol. The molecular weight excluding hydrogens is 285 g/mol. The highest BCUT2D eigenvalue weighted by Gasteiger charge is 2.32. The topological polar surface area (TPSA) is 55.6 Å². The summed E-state index contributed by atoms with van der Waals surface area (Å²) in [5.41, 5.74) is 5.42. The molecule has 1 atom stereocenters. The van der Waals surface area contributed by atoms with Gasteiger partial charge in [-0.15, -0.1) is 0 Å². The molecule has 0 bridgehead atoms. The monoisotopic (exact) mass is 312 g/mol. The highest BCUT2D eigenvalue weighted by atomic mass is 19.4. The third-order valence-corrected chi connectivity index (χ3v) is 3.15. The molecule has 2 N–H and O–H groups in total. The molecule has 126 valence electrons. The van der Waals surface area contributed by atoms with Crippen molar-refractivity contribution in [3.05, 3.63) is 0 Å². The van der Waals surface area contributed by atoms with Crippen molar-refractivity contribution >= 4 is 5.91 Å². The molecule has 0 rings (SSSR count). The molecule has 0 spiro atoms. The Bertz CT molecular complexity index is 286. The first-order valence-corrected chi connectivity index (χ1v) is 7.42. The van der Waals surface area contributed by atoms with Crippen molar-refractivity contribution in [1.29, 1.82) is 0 Å². The summed E-state index contributed by atoms with van der Waals surface area (Å²) >= 11 is 0. The van der Waals surface area contributed by atoms with Crippen LogP contribution in [0.3, 0.4) is 0 Å². The maximum Gasteiger partial charge on any atom is 0.406 e. The minimum atomic E-state index is -4.37. The second kappa shape index (κ2) is 10.8. The molecule has 0 saturated carbocycles. The molecule has 0 radical (unpaired) electrons. The molecule has 0 aromatic rings. The second-order valence-corrected chi connectivity index (χ2v) is 5.20. The van der Waals surface area contributed by atoms with Gasteiger partial charge in [-0.2, -0.15) is 13.2 Å². The van der Waals surface area contributed by atoms with Crippen LogP contribution < -0.4 is 5.73 Å². The van der Waals surface area contributed by atoms with Crippen molar-refractivity contribution in [3.8, 4) is 0 Å². The Morgan fingerprint density at radius 2 is 2.00 bits per heavy atom. The van der Waals surface area contributed by atoms with Crippen LogP contribution in [0.15, 0.2) is 0 Å². The van der Waals surface area contributed by atoms with E-state index in [1.54, 1.807) is 0 Å². The third kappa shape index (κ3) is 11.5. The molecule has 0 aromatic carbocycles. The van der Waals surface area contributed by atoms with Crippen LogP contribution >= 0.6 is 0 Å². The first kappa shape index (κ1) is 20.2. The van der Waals surface area contributed by atoms with Gasteiger partial charge >= 0.3 is 6.18 Å². The molecule has 7 heteroatoms. The quantitative estimate of drug-likeness (QED) is 0.597. The third-order valence-electron chi connectivity index (χ3n) is 3.15. The van der Waals surface area contributed by atoms with Gasteiger partial charge in [0.05, 0.1) is 0 Å². The number of ether oxygens (including phenoxy) is 1. The summed E-state index contributed by atoms with van der Waals surface area (Å²) in [6.07, 6.45) is -2.49. The average Bonchev–Trinajstić information content (AvgIpc) is 2.38. The lowest BCUT2D eigenvalue weighted by atomic mass is 10.0. The van der Waals surface area contributed by atoms with E-state index in [2.05, 4.69) is 0 Å². The van der Waals surface area contributed by atoms with Crippen LogP contribution in [0.1, 0.15) is 39.5 Å². The number of alkyl halides is 3. The maximum absolute atomic E-state index is 12.5. The number of nitrogens with two attached hydrogens (primary N) is 1. The largest absolute Gasteiger partial charge is 0.406 e. The van der Waals surface area contributed by atoms with Crippen molar-refractivity contribution in [3.63, 3.8) is 0 Å². The minimum Gasteiger partial charge on any atom is -0.382 e. The molecule has 0 aliphatic carbocycles. The Hall–Kier alpha value is -0.820. The minimum absolute atomic E-state index is 0.0730. The SMILES string of the molecule is CCOCCCN(CC(F)(F)F)C(=O)CCC(C)CCN. The summed E-state index contributed by atoms with van der Waals surface area (Å²) < 4.78 is 42.6. The Balaban J connectivity index is 4.31. The van der Waals surface area contributed by atoms with Crippen molar-refractivity contribution in [2.24, 2.45) is 11.7 Å². The normalized spacial score (nSPS) is 13.2. The van der Waals surface area contributed by atoms with Crippen LogP contribution in [0, 0.1) is 5.92 Å². The predicted molar refractivity (Wildman–Crippen MR) is 75.8 cm³/mol. The van der Waals surface area contributed by atoms with Crippen LogP contribution in [-0.2, 0) is 9.53 Å². The molecule has 1 amide bonds. The van der Waals surface area contributed by atoms with E-state index < -0.39 is 18.6 Å². The summed E-state index contributed by atoms with van der Waals surface area (Å²) in [7, 11) is 0. The molecular formula is C14H27F3N2O2. The smallest absolute Gasteiger partial charge is 0.382 e. The van der Waals surface area contributed by atoms with Gasteiger partial charge in [0.15, 0.2) is 0 Å². The number of hydrogen-bond acceptors (Lipinski definition) is 3. The summed E-state index contributed by atoms with van der Waals surface area (Å²) in [6, 6.07) is 0. The number of carbonyl (C=O) groups excluding carboxylic acids is 1. The molecule has 0 fully saturated rings. The Labute approximate surface area is 124 Å². The Kier molecular flexibility index (Phi) is 10.4. The van der Waals surface area contributed by atoms with Gasteiger partial charge < -0.3 is 15.4 Å². The van der Waals surface area contributed by atoms with Crippen LogP contribution in [0.2, 0.25) is 0 Å². The number of hydrogen-bond donors (Lipinski definition) is 1. The molecule has 21 heavy (non-hydrogen) atoms. The van der Waals surface area contributed by atoms with Gasteiger partial charge in [-0.3, -0.25) is 4.79 Å². The predicted octanol–water partition coefficient (Wildman–Crippen LogP) is 2.57. The molecule has 0 aromatic heterocycles. The lowest BCUT2D eigenvalue weighted by Gasteiger charge is -2.24. The van der Waals surface area contributed by atoms with Crippen LogP contribution in [0.4, 0.5) is 13.2 Å². The first-order valence-electron chi connectivity index (χ1n) is 7.42. The number of amides is 1. The van der Waals surface area contributed by atoms with E-state index in [1.807, 2.05) is 13.8 Å². The summed E-state index contributed by atoms with van der Waals surface area (Å²) in [5, 5.41) is 0. The first-order chi connectivity index (χ1) is 9.80. The van der Waals surface area contributed by atoms with E-state index in [9.17, 15) is 18.0 Å². The van der Waals surface area contributed by atoms with Gasteiger partial charge in [0.25, 0.3) is 0 Å². The van der Waals surface area contributed by atoms with Crippen molar-refractivity contribution in [1.82, 2.24) is 4.90 Å². The van der Waals surface area contributed by atoms with Gasteiger partial charge in [-0.25, -0.2) is 0 Å². The molecule has 0 heterocycles. The van der Waals surface area contributed by atoms with Gasteiger partial charge in [-0.1, -0.05) is 6.92 Å². The summed E-state index contributed by atoms with van der Waals surface area (Å²) in [5.74, 6) is -0.206. The van der Waals surface area contributed by atoms with E-state index >= 15 is 0 Å². The molecule has 4 nitrogen and oxygen atoms in total. The van der Waals surface area contributed by atoms with Crippen LogP contribution in [0.25, 0.3) is 0 Å². The van der Waals surface area contributed by atoms with Gasteiger partial charge in [0, 0.05) is 26.2 Å². The number of nitrogens with zero attached hydrogens (tertiary/aromatic N) is 1. The highest BCUT2D eigenvalue weighted by molar-refractivity contribution is 5.76. The standard InChI is InChI=1S/C14H27F3N2O2/c1-3-21-10-4-9-19(11-14(15,16)17)13(20)6-5-12(2)7-8-18/h12H,3-11,18H2,1-2H3. The lowest BCUT2D eigenvalue weighted by molar-refractivity contribution is -0.161. The number of halogens is 3. The number of carbonyl (C=O) groups is 1. The Morgan fingerprint density at radius 1 is 1.33 bits per heavy atom. The van der Waals surface area contributed by atoms with Gasteiger partial charge in [0.2, 0.25) is 5.91 Å². The zero-order chi connectivity index (χ0) is 16.3. The van der Waals surface area contributed by atoms with E-state index in [4.69, 9.17) is 10.5 Å². The molecule has 0 saturated heterocycles. The van der Waals surface area contributed by atoms with E-state index in [-0.39, 0.29) is 18.9 Å². The second-order valence-electron chi connectivity index (χ2n) is 5.20. The fourth-order valence-corrected chi connectivity index (χ4v) is 1.97. The summed E-state index contributed by atoms with van der Waals surface area (Å²) in [6.45, 7) is 4.05. The Morgan fingerprint density at radius 3 is 2.52 bits per heavy atom. The van der Waals surface area contributed by atoms with Gasteiger partial charge in [0.1, 0.15) is 6.54 Å². The zero-order valence-corrected chi connectivity index (χ0v) is 12.9. The fourth-order valence-electron chi connectivity index (χ4n) is 1.97. The van der Waals surface area contributed by atoms with Crippen LogP contribution in [0.5, 0.6) is 0 Å². The summed E-state index contributed by atoms with van der Waals surface area (Å²) in [4.78, 5) is 12.8. The van der Waals surface area contributed by atoms with Crippen molar-refractivity contribution < 1.29 is 22.7 Å². The maximum atomic E-state index is 12.5. The number of rotatable bonds is 11. The lowest BCUT2D eigenvalue weighted by Crippen LogP contribution is -2.40. The van der Waals surface area contributed by atoms with E-state index in [0.29, 0.717) is 32.6 Å². The molecule has 1 unspecified atom stereocenters. The van der Waals surface area contributed by atoms with Crippen molar-refractivity contribution in [2.45, 2.75) is 45.7 Å². The van der Waals surface area contributed by atoms with E-state index in [1.165, 1.54) is 0 Å². The highest BCUT2D eigenvalue weighted by Crippen LogP contribution is 2.18. The van der Waals surface area contributed by atoms with Crippen LogP contribution in [-0.4, -0.2) is 49.8 Å².